The molecule has 0 radical (unpaired) electrons. The SMILES string of the molecule is C=C(C)CS(=O)(=O)c1ccc(C(=O)O)cc1. The lowest BCUT2D eigenvalue weighted by Crippen LogP contribution is -2.07. The minimum atomic E-state index is -3.39. The first-order valence-electron chi connectivity index (χ1n) is 4.53. The molecule has 0 saturated carbocycles. The van der Waals surface area contributed by atoms with Crippen LogP contribution >= 0.6 is 0 Å². The summed E-state index contributed by atoms with van der Waals surface area (Å²) in [6.07, 6.45) is 0. The van der Waals surface area contributed by atoms with Crippen LogP contribution in [0.4, 0.5) is 0 Å². The average Bonchev–Trinajstić information content (AvgIpc) is 2.16. The second-order valence-electron chi connectivity index (χ2n) is 3.55. The summed E-state index contributed by atoms with van der Waals surface area (Å²) >= 11 is 0. The molecule has 0 fully saturated rings. The smallest absolute Gasteiger partial charge is 0.335 e. The highest BCUT2D eigenvalue weighted by molar-refractivity contribution is 7.91. The van der Waals surface area contributed by atoms with E-state index in [1.165, 1.54) is 24.3 Å². The van der Waals surface area contributed by atoms with Gasteiger partial charge < -0.3 is 5.11 Å². The molecule has 0 aliphatic heterocycles. The van der Waals surface area contributed by atoms with Gasteiger partial charge in [-0.25, -0.2) is 13.2 Å². The largest absolute Gasteiger partial charge is 0.478 e. The van der Waals surface area contributed by atoms with E-state index in [0.717, 1.165) is 0 Å². The molecule has 0 amide bonds. The molecule has 1 rings (SSSR count). The van der Waals surface area contributed by atoms with Gasteiger partial charge in [-0.05, 0) is 31.2 Å². The number of carboxylic acids is 1. The van der Waals surface area contributed by atoms with Crippen molar-refractivity contribution in [1.82, 2.24) is 0 Å². The number of hydrogen-bond acceptors (Lipinski definition) is 3. The summed E-state index contributed by atoms with van der Waals surface area (Å²) < 4.78 is 23.4. The van der Waals surface area contributed by atoms with Crippen LogP contribution in [0.5, 0.6) is 0 Å². The summed E-state index contributed by atoms with van der Waals surface area (Å²) in [5.41, 5.74) is 0.608. The van der Waals surface area contributed by atoms with Gasteiger partial charge in [-0.15, -0.1) is 0 Å². The zero-order valence-electron chi connectivity index (χ0n) is 8.80. The molecule has 1 aromatic rings. The summed E-state index contributed by atoms with van der Waals surface area (Å²) in [6.45, 7) is 5.17. The van der Waals surface area contributed by atoms with Crippen molar-refractivity contribution in [2.75, 3.05) is 5.75 Å². The van der Waals surface area contributed by atoms with Gasteiger partial charge >= 0.3 is 5.97 Å². The van der Waals surface area contributed by atoms with Crippen LogP contribution in [-0.4, -0.2) is 25.2 Å². The highest BCUT2D eigenvalue weighted by Crippen LogP contribution is 2.14. The fraction of sp³-hybridized carbons (Fsp3) is 0.182. The fourth-order valence-electron chi connectivity index (χ4n) is 1.21. The molecule has 0 bridgehead atoms. The van der Waals surface area contributed by atoms with Crippen LogP contribution in [0, 0.1) is 0 Å². The molecule has 0 spiro atoms. The lowest BCUT2D eigenvalue weighted by atomic mass is 10.2. The van der Waals surface area contributed by atoms with Crippen LogP contribution in [-0.2, 0) is 9.84 Å². The van der Waals surface area contributed by atoms with Crippen LogP contribution in [0.15, 0.2) is 41.3 Å². The first kappa shape index (κ1) is 12.4. The fourth-order valence-corrected chi connectivity index (χ4v) is 2.58. The second kappa shape index (κ2) is 4.49. The normalized spacial score (nSPS) is 11.1. The van der Waals surface area contributed by atoms with E-state index in [1.54, 1.807) is 6.92 Å². The summed E-state index contributed by atoms with van der Waals surface area (Å²) in [5.74, 6) is -1.21. The summed E-state index contributed by atoms with van der Waals surface area (Å²) in [6, 6.07) is 5.13. The number of carbonyl (C=O) groups is 1. The van der Waals surface area contributed by atoms with Crippen molar-refractivity contribution in [3.8, 4) is 0 Å². The van der Waals surface area contributed by atoms with Crippen LogP contribution in [0.3, 0.4) is 0 Å². The topological polar surface area (TPSA) is 71.4 Å². The lowest BCUT2D eigenvalue weighted by Gasteiger charge is -2.04. The molecule has 86 valence electrons. The quantitative estimate of drug-likeness (QED) is 0.813. The molecular weight excluding hydrogens is 228 g/mol. The third-order valence-corrected chi connectivity index (χ3v) is 3.76. The molecule has 0 atom stereocenters. The molecule has 1 N–H and O–H groups in total. The van der Waals surface area contributed by atoms with Crippen LogP contribution < -0.4 is 0 Å². The van der Waals surface area contributed by atoms with Crippen molar-refractivity contribution >= 4 is 15.8 Å². The summed E-state index contributed by atoms with van der Waals surface area (Å²) in [4.78, 5) is 10.7. The van der Waals surface area contributed by atoms with Crippen molar-refractivity contribution in [1.29, 1.82) is 0 Å². The van der Waals surface area contributed by atoms with E-state index in [1.807, 2.05) is 0 Å². The van der Waals surface area contributed by atoms with E-state index >= 15 is 0 Å². The van der Waals surface area contributed by atoms with Gasteiger partial charge in [0.25, 0.3) is 0 Å². The Labute approximate surface area is 94.1 Å². The van der Waals surface area contributed by atoms with Crippen LogP contribution in [0.2, 0.25) is 0 Å². The third-order valence-electron chi connectivity index (χ3n) is 1.90. The minimum Gasteiger partial charge on any atom is -0.478 e. The predicted octanol–water partition coefficient (Wildman–Crippen LogP) is 1.73. The van der Waals surface area contributed by atoms with E-state index < -0.39 is 15.8 Å². The second-order valence-corrected chi connectivity index (χ2v) is 5.54. The number of aromatic carboxylic acids is 1. The van der Waals surface area contributed by atoms with E-state index in [2.05, 4.69) is 6.58 Å². The Morgan fingerprint density at radius 2 is 1.81 bits per heavy atom. The van der Waals surface area contributed by atoms with E-state index in [0.29, 0.717) is 5.57 Å². The number of rotatable bonds is 4. The van der Waals surface area contributed by atoms with Gasteiger partial charge in [-0.2, -0.15) is 0 Å². The maximum absolute atomic E-state index is 11.7. The molecule has 0 aromatic heterocycles. The molecule has 0 heterocycles. The maximum Gasteiger partial charge on any atom is 0.335 e. The molecule has 0 saturated heterocycles. The summed E-state index contributed by atoms with van der Waals surface area (Å²) in [5, 5.41) is 8.66. The third kappa shape index (κ3) is 2.93. The Morgan fingerprint density at radius 1 is 1.31 bits per heavy atom. The first-order valence-corrected chi connectivity index (χ1v) is 6.18. The number of hydrogen-bond donors (Lipinski definition) is 1. The monoisotopic (exact) mass is 240 g/mol. The predicted molar refractivity (Wildman–Crippen MR) is 60.3 cm³/mol. The van der Waals surface area contributed by atoms with Gasteiger partial charge in [0.1, 0.15) is 0 Å². The zero-order valence-corrected chi connectivity index (χ0v) is 9.62. The van der Waals surface area contributed by atoms with E-state index in [-0.39, 0.29) is 16.2 Å². The number of carboxylic acid groups (broad SMARTS) is 1. The van der Waals surface area contributed by atoms with Crippen LogP contribution in [0.1, 0.15) is 17.3 Å². The number of sulfone groups is 1. The standard InChI is InChI=1S/C11H12O4S/c1-8(2)7-16(14,15)10-5-3-9(4-6-10)11(12)13/h3-6H,1,7H2,2H3,(H,12,13). The molecule has 16 heavy (non-hydrogen) atoms. The van der Waals surface area contributed by atoms with Crippen molar-refractivity contribution in [2.45, 2.75) is 11.8 Å². The molecule has 0 unspecified atom stereocenters. The van der Waals surface area contributed by atoms with Gasteiger partial charge in [0.15, 0.2) is 9.84 Å². The maximum atomic E-state index is 11.7. The zero-order chi connectivity index (χ0) is 12.3. The lowest BCUT2D eigenvalue weighted by molar-refractivity contribution is 0.0697. The van der Waals surface area contributed by atoms with E-state index in [4.69, 9.17) is 5.11 Å². The molecule has 5 heteroatoms. The van der Waals surface area contributed by atoms with Gasteiger partial charge in [0.2, 0.25) is 0 Å². The molecule has 0 aliphatic rings. The van der Waals surface area contributed by atoms with Crippen LogP contribution in [0.25, 0.3) is 0 Å². The Morgan fingerprint density at radius 3 is 2.19 bits per heavy atom. The number of benzene rings is 1. The Hall–Kier alpha value is -1.62. The molecular formula is C11H12O4S. The van der Waals surface area contributed by atoms with Gasteiger partial charge in [0, 0.05) is 0 Å². The van der Waals surface area contributed by atoms with Gasteiger partial charge in [0.05, 0.1) is 16.2 Å². The molecule has 0 aliphatic carbocycles. The van der Waals surface area contributed by atoms with Crippen molar-refractivity contribution in [3.05, 3.63) is 42.0 Å². The van der Waals surface area contributed by atoms with Gasteiger partial charge in [-0.3, -0.25) is 0 Å². The first-order chi connectivity index (χ1) is 7.33. The molecule has 1 aromatic carbocycles. The van der Waals surface area contributed by atoms with Crippen molar-refractivity contribution in [2.24, 2.45) is 0 Å². The van der Waals surface area contributed by atoms with Crippen molar-refractivity contribution in [3.63, 3.8) is 0 Å². The minimum absolute atomic E-state index is 0.0641. The Balaban J connectivity index is 3.07. The highest BCUT2D eigenvalue weighted by atomic mass is 32.2. The summed E-state index contributed by atoms with van der Waals surface area (Å²) in [7, 11) is -3.39. The Kier molecular flexibility index (Phi) is 3.49. The van der Waals surface area contributed by atoms with Crippen molar-refractivity contribution < 1.29 is 18.3 Å². The Bertz CT molecular complexity index is 511. The highest BCUT2D eigenvalue weighted by Gasteiger charge is 2.14. The van der Waals surface area contributed by atoms with E-state index in [9.17, 15) is 13.2 Å². The molecule has 4 nitrogen and oxygen atoms in total. The average molecular weight is 240 g/mol. The van der Waals surface area contributed by atoms with Gasteiger partial charge in [-0.1, -0.05) is 12.2 Å².